The zero-order chi connectivity index (χ0) is 17.6. The molecule has 0 spiro atoms. The lowest BCUT2D eigenvalue weighted by Crippen LogP contribution is -2.43. The van der Waals surface area contributed by atoms with E-state index >= 15 is 0 Å². The number of nitrogens with one attached hydrogen (secondary N) is 1. The van der Waals surface area contributed by atoms with Crippen LogP contribution in [0.15, 0.2) is 48.7 Å². The van der Waals surface area contributed by atoms with Crippen LogP contribution in [-0.4, -0.2) is 41.9 Å². The van der Waals surface area contributed by atoms with Crippen LogP contribution in [0.25, 0.3) is 0 Å². The average Bonchev–Trinajstić information content (AvgIpc) is 2.68. The fourth-order valence-electron chi connectivity index (χ4n) is 3.03. The van der Waals surface area contributed by atoms with Crippen molar-refractivity contribution < 1.29 is 14.3 Å². The summed E-state index contributed by atoms with van der Waals surface area (Å²) < 4.78 is 5.17. The Balaban J connectivity index is 1.68. The Morgan fingerprint density at radius 1 is 1.20 bits per heavy atom. The maximum Gasteiger partial charge on any atom is 0.259 e. The van der Waals surface area contributed by atoms with Crippen LogP contribution in [0.3, 0.4) is 0 Å². The number of carbonyl (C=O) groups excluding carboxylic acids is 2. The minimum absolute atomic E-state index is 0.0538. The fraction of sp³-hybridized carbons (Fsp3) is 0.316. The quantitative estimate of drug-likeness (QED) is 0.929. The lowest BCUT2D eigenvalue weighted by atomic mass is 9.96. The molecule has 1 aromatic carbocycles. The van der Waals surface area contributed by atoms with Crippen LogP contribution in [0.4, 0.5) is 5.69 Å². The van der Waals surface area contributed by atoms with Gasteiger partial charge >= 0.3 is 0 Å². The minimum Gasteiger partial charge on any atom is -0.480 e. The van der Waals surface area contributed by atoms with Crippen LogP contribution in [-0.2, 0) is 4.79 Å². The molecule has 2 aromatic rings. The number of methoxy groups -OCH3 is 1. The molecule has 1 atom stereocenters. The first-order valence-corrected chi connectivity index (χ1v) is 8.33. The second kappa shape index (κ2) is 7.79. The molecule has 1 fully saturated rings. The number of pyridine rings is 1. The number of nitrogens with zero attached hydrogens (tertiary/aromatic N) is 2. The van der Waals surface area contributed by atoms with Crippen molar-refractivity contribution in [1.82, 2.24) is 9.88 Å². The van der Waals surface area contributed by atoms with Crippen molar-refractivity contribution in [2.45, 2.75) is 12.8 Å². The Labute approximate surface area is 146 Å². The van der Waals surface area contributed by atoms with E-state index in [0.29, 0.717) is 24.5 Å². The zero-order valence-electron chi connectivity index (χ0n) is 14.1. The Hall–Kier alpha value is -2.89. The summed E-state index contributed by atoms with van der Waals surface area (Å²) in [6.45, 7) is 1.03. The van der Waals surface area contributed by atoms with Crippen molar-refractivity contribution in [2.24, 2.45) is 5.92 Å². The van der Waals surface area contributed by atoms with Crippen LogP contribution >= 0.6 is 0 Å². The second-order valence-corrected chi connectivity index (χ2v) is 6.01. The van der Waals surface area contributed by atoms with Gasteiger partial charge in [-0.25, -0.2) is 4.98 Å². The molecule has 0 bridgehead atoms. The number of para-hydroxylation sites is 1. The predicted octanol–water partition coefficient (Wildman–Crippen LogP) is 2.58. The highest BCUT2D eigenvalue weighted by atomic mass is 16.5. The number of ether oxygens (including phenoxy) is 1. The highest BCUT2D eigenvalue weighted by Gasteiger charge is 2.30. The third-order valence-corrected chi connectivity index (χ3v) is 4.32. The second-order valence-electron chi connectivity index (χ2n) is 6.01. The molecule has 3 rings (SSSR count). The smallest absolute Gasteiger partial charge is 0.259 e. The predicted molar refractivity (Wildman–Crippen MR) is 94.5 cm³/mol. The molecule has 0 saturated carbocycles. The Morgan fingerprint density at radius 3 is 2.76 bits per heavy atom. The topological polar surface area (TPSA) is 71.5 Å². The summed E-state index contributed by atoms with van der Waals surface area (Å²) >= 11 is 0. The van der Waals surface area contributed by atoms with Gasteiger partial charge in [0.15, 0.2) is 0 Å². The van der Waals surface area contributed by atoms with Gasteiger partial charge in [-0.1, -0.05) is 18.2 Å². The summed E-state index contributed by atoms with van der Waals surface area (Å²) in [7, 11) is 1.49. The van der Waals surface area contributed by atoms with Crippen molar-refractivity contribution in [3.8, 4) is 5.88 Å². The molecule has 1 unspecified atom stereocenters. The molecule has 1 aromatic heterocycles. The van der Waals surface area contributed by atoms with E-state index in [1.807, 2.05) is 30.3 Å². The molecule has 2 heterocycles. The average molecular weight is 339 g/mol. The van der Waals surface area contributed by atoms with Crippen molar-refractivity contribution in [3.63, 3.8) is 0 Å². The van der Waals surface area contributed by atoms with E-state index in [-0.39, 0.29) is 17.7 Å². The lowest BCUT2D eigenvalue weighted by molar-refractivity contribution is -0.121. The molecule has 1 aliphatic rings. The molecule has 0 radical (unpaired) electrons. The van der Waals surface area contributed by atoms with Crippen LogP contribution in [0.2, 0.25) is 0 Å². The summed E-state index contributed by atoms with van der Waals surface area (Å²) in [5.41, 5.74) is 1.19. The minimum atomic E-state index is -0.222. The first kappa shape index (κ1) is 17.0. The van der Waals surface area contributed by atoms with Crippen molar-refractivity contribution in [3.05, 3.63) is 54.2 Å². The van der Waals surface area contributed by atoms with Gasteiger partial charge in [0.25, 0.3) is 5.91 Å². The van der Waals surface area contributed by atoms with E-state index in [2.05, 4.69) is 10.3 Å². The van der Waals surface area contributed by atoms with Gasteiger partial charge in [-0.2, -0.15) is 0 Å². The Morgan fingerprint density at radius 2 is 2.00 bits per heavy atom. The molecule has 6 nitrogen and oxygen atoms in total. The number of likely N-dealkylation sites (tertiary alicyclic amines) is 1. The third kappa shape index (κ3) is 3.96. The molecule has 2 amide bonds. The van der Waals surface area contributed by atoms with Gasteiger partial charge in [0.2, 0.25) is 11.8 Å². The standard InChI is InChI=1S/C19H21N3O3/c1-25-18-16(10-5-11-20-18)19(24)22-12-6-7-14(13-22)17(23)21-15-8-3-2-4-9-15/h2-5,8-11,14H,6-7,12-13H2,1H3,(H,21,23). The molecular weight excluding hydrogens is 318 g/mol. The van der Waals surface area contributed by atoms with Crippen LogP contribution in [0.1, 0.15) is 23.2 Å². The zero-order valence-corrected chi connectivity index (χ0v) is 14.1. The number of hydrogen-bond acceptors (Lipinski definition) is 4. The summed E-state index contributed by atoms with van der Waals surface area (Å²) in [4.78, 5) is 31.1. The van der Waals surface area contributed by atoms with Crippen molar-refractivity contribution in [1.29, 1.82) is 0 Å². The third-order valence-electron chi connectivity index (χ3n) is 4.32. The number of hydrogen-bond donors (Lipinski definition) is 1. The fourth-order valence-corrected chi connectivity index (χ4v) is 3.03. The van der Waals surface area contributed by atoms with Crippen LogP contribution < -0.4 is 10.1 Å². The Bertz CT molecular complexity index is 749. The molecule has 1 saturated heterocycles. The van der Waals surface area contributed by atoms with Gasteiger partial charge in [0.05, 0.1) is 13.0 Å². The van der Waals surface area contributed by atoms with Gasteiger partial charge in [0, 0.05) is 25.0 Å². The summed E-state index contributed by atoms with van der Waals surface area (Å²) in [5, 5.41) is 2.92. The van der Waals surface area contributed by atoms with Gasteiger partial charge in [0.1, 0.15) is 5.56 Å². The van der Waals surface area contributed by atoms with Gasteiger partial charge in [-0.3, -0.25) is 9.59 Å². The Kier molecular flexibility index (Phi) is 5.28. The first-order valence-electron chi connectivity index (χ1n) is 8.33. The number of benzene rings is 1. The molecule has 25 heavy (non-hydrogen) atoms. The molecule has 1 N–H and O–H groups in total. The summed E-state index contributed by atoms with van der Waals surface area (Å²) in [6.07, 6.45) is 3.15. The number of aromatic nitrogens is 1. The van der Waals surface area contributed by atoms with E-state index in [0.717, 1.165) is 18.5 Å². The van der Waals surface area contributed by atoms with Crippen LogP contribution in [0.5, 0.6) is 5.88 Å². The monoisotopic (exact) mass is 339 g/mol. The van der Waals surface area contributed by atoms with Gasteiger partial charge in [-0.15, -0.1) is 0 Å². The van der Waals surface area contributed by atoms with Crippen molar-refractivity contribution >= 4 is 17.5 Å². The maximum absolute atomic E-state index is 12.8. The summed E-state index contributed by atoms with van der Waals surface area (Å²) in [6, 6.07) is 12.8. The van der Waals surface area contributed by atoms with E-state index in [4.69, 9.17) is 4.74 Å². The SMILES string of the molecule is COc1ncccc1C(=O)N1CCCC(C(=O)Nc2ccccc2)C1. The number of carbonyl (C=O) groups is 2. The lowest BCUT2D eigenvalue weighted by Gasteiger charge is -2.32. The van der Waals surface area contributed by atoms with Crippen molar-refractivity contribution in [2.75, 3.05) is 25.5 Å². The van der Waals surface area contributed by atoms with Crippen LogP contribution in [0, 0.1) is 5.92 Å². The normalized spacial score (nSPS) is 17.0. The van der Waals surface area contributed by atoms with E-state index in [1.165, 1.54) is 7.11 Å². The highest BCUT2D eigenvalue weighted by Crippen LogP contribution is 2.23. The van der Waals surface area contributed by atoms with E-state index in [9.17, 15) is 9.59 Å². The molecule has 1 aliphatic heterocycles. The number of rotatable bonds is 4. The van der Waals surface area contributed by atoms with E-state index in [1.54, 1.807) is 23.2 Å². The highest BCUT2D eigenvalue weighted by molar-refractivity contribution is 5.97. The molecule has 6 heteroatoms. The number of anilines is 1. The number of piperidine rings is 1. The molecule has 0 aliphatic carbocycles. The molecular formula is C19H21N3O3. The maximum atomic E-state index is 12.8. The van der Waals surface area contributed by atoms with E-state index < -0.39 is 0 Å². The van der Waals surface area contributed by atoms with Gasteiger partial charge in [-0.05, 0) is 37.1 Å². The van der Waals surface area contributed by atoms with Gasteiger partial charge < -0.3 is 15.0 Å². The molecule has 130 valence electrons. The number of amides is 2. The first-order chi connectivity index (χ1) is 12.2. The summed E-state index contributed by atoms with van der Waals surface area (Å²) in [5.74, 6) is -0.118. The largest absolute Gasteiger partial charge is 0.480 e.